The first kappa shape index (κ1) is 26.4. The van der Waals surface area contributed by atoms with E-state index in [1.54, 1.807) is 0 Å². The van der Waals surface area contributed by atoms with Crippen LogP contribution in [0.1, 0.15) is 30.5 Å². The highest BCUT2D eigenvalue weighted by Gasteiger charge is 2.17. The van der Waals surface area contributed by atoms with Crippen LogP contribution < -0.4 is 0 Å². The lowest BCUT2D eigenvalue weighted by molar-refractivity contribution is 1.13. The smallest absolute Gasteiger partial charge is 0.0664 e. The molecule has 0 heterocycles. The minimum absolute atomic E-state index is 0.956. The molecular weight excluding hydrogens is 530 g/mol. The van der Waals surface area contributed by atoms with Gasteiger partial charge in [0, 0.05) is 11.3 Å². The summed E-state index contributed by atoms with van der Waals surface area (Å²) < 4.78 is 0. The fraction of sp³-hybridized carbons (Fsp3) is 0.0930. The second-order valence-electron chi connectivity index (χ2n) is 11.9. The van der Waals surface area contributed by atoms with Gasteiger partial charge in [0.2, 0.25) is 0 Å². The van der Waals surface area contributed by atoms with Gasteiger partial charge in [-0.25, -0.2) is 0 Å². The quantitative estimate of drug-likeness (QED) is 0.146. The summed E-state index contributed by atoms with van der Waals surface area (Å²) in [6.45, 7) is 6.57. The lowest BCUT2D eigenvalue weighted by atomic mass is 9.86. The molecule has 0 aromatic heterocycles. The van der Waals surface area contributed by atoms with Crippen molar-refractivity contribution in [2.45, 2.75) is 27.2 Å². The van der Waals surface area contributed by atoms with Gasteiger partial charge in [0.05, 0.1) is 5.69 Å². The second kappa shape index (κ2) is 10.5. The van der Waals surface area contributed by atoms with Gasteiger partial charge in [0.25, 0.3) is 0 Å². The molecule has 0 aliphatic heterocycles. The molecule has 210 valence electrons. The highest BCUT2D eigenvalue weighted by atomic mass is 14.7. The van der Waals surface area contributed by atoms with Crippen LogP contribution in [-0.2, 0) is 6.42 Å². The molecule has 0 amide bonds. The maximum Gasteiger partial charge on any atom is 0.0664 e. The lowest BCUT2D eigenvalue weighted by Gasteiger charge is -2.18. The monoisotopic (exact) mass is 563 g/mol. The van der Waals surface area contributed by atoms with Crippen molar-refractivity contribution in [3.63, 3.8) is 0 Å². The molecule has 44 heavy (non-hydrogen) atoms. The van der Waals surface area contributed by atoms with Crippen molar-refractivity contribution >= 4 is 54.5 Å². The largest absolute Gasteiger partial charge is 0.253 e. The van der Waals surface area contributed by atoms with Crippen LogP contribution in [0.25, 0.3) is 65.3 Å². The summed E-state index contributed by atoms with van der Waals surface area (Å²) in [7, 11) is 0. The molecule has 1 nitrogen and oxygen atoms in total. The molecule has 0 radical (unpaired) electrons. The van der Waals surface area contributed by atoms with Gasteiger partial charge in [-0.3, -0.25) is 4.99 Å². The van der Waals surface area contributed by atoms with Crippen LogP contribution >= 0.6 is 0 Å². The molecule has 0 bridgehead atoms. The molecule has 0 aliphatic carbocycles. The number of fused-ring (bicyclic) bond motifs is 1. The predicted molar refractivity (Wildman–Crippen MR) is 191 cm³/mol. The Kier molecular flexibility index (Phi) is 6.27. The third-order valence-electron chi connectivity index (χ3n) is 9.29. The molecule has 0 fully saturated rings. The summed E-state index contributed by atoms with van der Waals surface area (Å²) in [6, 6.07) is 49.0. The zero-order valence-electron chi connectivity index (χ0n) is 25.4. The van der Waals surface area contributed by atoms with Crippen molar-refractivity contribution in [2.24, 2.45) is 4.99 Å². The van der Waals surface area contributed by atoms with Crippen molar-refractivity contribution in [1.82, 2.24) is 0 Å². The summed E-state index contributed by atoms with van der Waals surface area (Å²) in [5.74, 6) is 0. The molecule has 8 rings (SSSR count). The Morgan fingerprint density at radius 1 is 0.545 bits per heavy atom. The number of nitrogens with zero attached hydrogens (tertiary/aromatic N) is 1. The van der Waals surface area contributed by atoms with E-state index < -0.39 is 0 Å². The molecule has 8 aromatic carbocycles. The highest BCUT2D eigenvalue weighted by Crippen LogP contribution is 2.41. The fourth-order valence-electron chi connectivity index (χ4n) is 7.04. The maximum atomic E-state index is 5.20. The number of aryl methyl sites for hydroxylation is 2. The van der Waals surface area contributed by atoms with Crippen molar-refractivity contribution in [2.75, 3.05) is 0 Å². The van der Waals surface area contributed by atoms with Crippen LogP contribution in [-0.4, -0.2) is 5.71 Å². The SMILES string of the molecule is CCc1ccccc1/N=C(\C)c1ccc(-c2ccc3ccc4cccc5ccc2c3c45)cc1-c1cc2ccccc2cc1C. The van der Waals surface area contributed by atoms with Crippen LogP contribution in [0.2, 0.25) is 0 Å². The van der Waals surface area contributed by atoms with E-state index >= 15 is 0 Å². The molecular formula is C43H33N. The number of hydrogen-bond donors (Lipinski definition) is 0. The average Bonchev–Trinajstić information content (AvgIpc) is 3.07. The highest BCUT2D eigenvalue weighted by molar-refractivity contribution is 6.25. The first-order valence-corrected chi connectivity index (χ1v) is 15.5. The Morgan fingerprint density at radius 2 is 1.20 bits per heavy atom. The molecule has 0 aliphatic rings. The number of benzene rings is 8. The summed E-state index contributed by atoms with van der Waals surface area (Å²) >= 11 is 0. The van der Waals surface area contributed by atoms with Gasteiger partial charge in [0.15, 0.2) is 0 Å². The summed E-state index contributed by atoms with van der Waals surface area (Å²) in [4.78, 5) is 5.20. The molecule has 8 aromatic rings. The summed E-state index contributed by atoms with van der Waals surface area (Å²) in [5, 5.41) is 10.4. The Bertz CT molecular complexity index is 2370. The first-order valence-electron chi connectivity index (χ1n) is 15.5. The Hall–Kier alpha value is -5.27. The van der Waals surface area contributed by atoms with E-state index in [2.05, 4.69) is 154 Å². The van der Waals surface area contributed by atoms with Gasteiger partial charge in [-0.15, -0.1) is 0 Å². The van der Waals surface area contributed by atoms with Crippen LogP contribution in [0.3, 0.4) is 0 Å². The molecule has 0 spiro atoms. The Labute approximate surface area is 258 Å². The molecule has 1 heteroatoms. The number of aliphatic imine (C=N–C) groups is 1. The minimum atomic E-state index is 0.956. The third kappa shape index (κ3) is 4.28. The zero-order valence-corrected chi connectivity index (χ0v) is 25.4. The van der Waals surface area contributed by atoms with Crippen LogP contribution in [0.15, 0.2) is 138 Å². The number of para-hydroxylation sites is 1. The second-order valence-corrected chi connectivity index (χ2v) is 11.9. The van der Waals surface area contributed by atoms with E-state index in [1.165, 1.54) is 76.5 Å². The van der Waals surface area contributed by atoms with Crippen LogP contribution in [0.5, 0.6) is 0 Å². The zero-order chi connectivity index (χ0) is 29.8. The van der Waals surface area contributed by atoms with Crippen molar-refractivity contribution in [1.29, 1.82) is 0 Å². The third-order valence-corrected chi connectivity index (χ3v) is 9.29. The predicted octanol–water partition coefficient (Wildman–Crippen LogP) is 12.1. The Morgan fingerprint density at radius 3 is 2.00 bits per heavy atom. The number of hydrogen-bond acceptors (Lipinski definition) is 1. The number of rotatable bonds is 5. The van der Waals surface area contributed by atoms with E-state index in [4.69, 9.17) is 4.99 Å². The van der Waals surface area contributed by atoms with Crippen LogP contribution in [0, 0.1) is 6.92 Å². The van der Waals surface area contributed by atoms with E-state index in [1.807, 2.05) is 0 Å². The normalized spacial score (nSPS) is 12.2. The van der Waals surface area contributed by atoms with Crippen molar-refractivity contribution in [3.8, 4) is 22.3 Å². The molecule has 0 atom stereocenters. The van der Waals surface area contributed by atoms with Gasteiger partial charge >= 0.3 is 0 Å². The van der Waals surface area contributed by atoms with E-state index in [-0.39, 0.29) is 0 Å². The lowest BCUT2D eigenvalue weighted by Crippen LogP contribution is -2.00. The molecule has 0 N–H and O–H groups in total. The van der Waals surface area contributed by atoms with E-state index in [0.717, 1.165) is 23.4 Å². The van der Waals surface area contributed by atoms with Crippen molar-refractivity contribution in [3.05, 3.63) is 150 Å². The van der Waals surface area contributed by atoms with Gasteiger partial charge in [-0.05, 0) is 115 Å². The van der Waals surface area contributed by atoms with Gasteiger partial charge in [0.1, 0.15) is 0 Å². The topological polar surface area (TPSA) is 12.4 Å². The fourth-order valence-corrected chi connectivity index (χ4v) is 7.04. The van der Waals surface area contributed by atoms with Crippen molar-refractivity contribution < 1.29 is 0 Å². The van der Waals surface area contributed by atoms with Gasteiger partial charge in [-0.1, -0.05) is 122 Å². The summed E-state index contributed by atoms with van der Waals surface area (Å²) in [5.41, 5.74) is 10.7. The van der Waals surface area contributed by atoms with E-state index in [0.29, 0.717) is 0 Å². The van der Waals surface area contributed by atoms with Crippen LogP contribution in [0.4, 0.5) is 5.69 Å². The Balaban J connectivity index is 1.38. The first-order chi connectivity index (χ1) is 21.6. The molecule has 0 saturated carbocycles. The van der Waals surface area contributed by atoms with Gasteiger partial charge < -0.3 is 0 Å². The van der Waals surface area contributed by atoms with Gasteiger partial charge in [-0.2, -0.15) is 0 Å². The standard InChI is InChI=1S/C43H33N/c1-4-29-10-7-8-15-41(29)44-28(3)36-21-20-35(26-40(36)39-25-34-12-6-5-11-33(34)24-27(39)2)37-22-18-32-17-16-30-13-9-14-31-19-23-38(37)43(32)42(30)31/h5-26H,4H2,1-3H3/b44-28+. The molecule has 0 unspecified atom stereocenters. The van der Waals surface area contributed by atoms with E-state index in [9.17, 15) is 0 Å². The average molecular weight is 564 g/mol. The summed E-state index contributed by atoms with van der Waals surface area (Å²) in [6.07, 6.45) is 0.956. The maximum absolute atomic E-state index is 5.20. The minimum Gasteiger partial charge on any atom is -0.253 e. The molecule has 0 saturated heterocycles.